The third kappa shape index (κ3) is 7.47. The molecule has 0 aromatic heterocycles. The normalized spacial score (nSPS) is 12.3. The highest BCUT2D eigenvalue weighted by atomic mass is 19.4. The van der Waals surface area contributed by atoms with Gasteiger partial charge in [-0.1, -0.05) is 32.4 Å². The third-order valence-electron chi connectivity index (χ3n) is 5.18. The fourth-order valence-electron chi connectivity index (χ4n) is 3.20. The molecular formula is C24H27F4NO4. The fourth-order valence-corrected chi connectivity index (χ4v) is 3.20. The van der Waals surface area contributed by atoms with Gasteiger partial charge in [0, 0.05) is 12.1 Å². The largest absolute Gasteiger partial charge is 0.493 e. The number of carbonyl (C=O) groups excluding carboxylic acids is 1. The Morgan fingerprint density at radius 3 is 2.42 bits per heavy atom. The van der Waals surface area contributed by atoms with E-state index in [0.717, 1.165) is 24.5 Å². The van der Waals surface area contributed by atoms with E-state index < -0.39 is 40.9 Å². The van der Waals surface area contributed by atoms with E-state index in [1.165, 1.54) is 0 Å². The summed E-state index contributed by atoms with van der Waals surface area (Å²) in [5, 5.41) is 11.8. The van der Waals surface area contributed by atoms with Gasteiger partial charge in [-0.25, -0.2) is 4.39 Å². The first-order valence-corrected chi connectivity index (χ1v) is 10.7. The molecule has 9 heteroatoms. The van der Waals surface area contributed by atoms with Crippen LogP contribution in [0.1, 0.15) is 60.2 Å². The Morgan fingerprint density at radius 1 is 1.12 bits per heavy atom. The topological polar surface area (TPSA) is 75.6 Å². The van der Waals surface area contributed by atoms with Crippen LogP contribution in [0.25, 0.3) is 0 Å². The monoisotopic (exact) mass is 469 g/mol. The maximum absolute atomic E-state index is 14.1. The molecule has 1 atom stereocenters. The first kappa shape index (κ1) is 26.2. The molecule has 0 saturated carbocycles. The van der Waals surface area contributed by atoms with Gasteiger partial charge >= 0.3 is 12.1 Å². The van der Waals surface area contributed by atoms with Crippen LogP contribution < -0.4 is 10.1 Å². The standard InChI is InChI=1S/C24H27F4NO4/c1-3-5-10-33-21-9-6-15(11-16(4-2)23(31)32)12-17(21)14-29-22(30)19-8-7-18(13-20(19)25)24(26,27)28/h6-9,12-13,16H,3-5,10-11,14H2,1-2H3,(H,29,30)(H,31,32)/t16-/m1/s1. The van der Waals surface area contributed by atoms with E-state index >= 15 is 0 Å². The molecule has 2 aromatic carbocycles. The van der Waals surface area contributed by atoms with Gasteiger partial charge in [-0.2, -0.15) is 13.2 Å². The van der Waals surface area contributed by atoms with E-state index in [2.05, 4.69) is 5.32 Å². The number of alkyl halides is 3. The average molecular weight is 469 g/mol. The fraction of sp³-hybridized carbons (Fsp3) is 0.417. The summed E-state index contributed by atoms with van der Waals surface area (Å²) in [6.45, 7) is 4.15. The summed E-state index contributed by atoms with van der Waals surface area (Å²) < 4.78 is 58.1. The van der Waals surface area contributed by atoms with E-state index in [1.54, 1.807) is 25.1 Å². The predicted octanol–water partition coefficient (Wildman–Crippen LogP) is 5.61. The molecule has 0 radical (unpaired) electrons. The highest BCUT2D eigenvalue weighted by Gasteiger charge is 2.31. The summed E-state index contributed by atoms with van der Waals surface area (Å²) in [4.78, 5) is 23.8. The molecular weight excluding hydrogens is 442 g/mol. The van der Waals surface area contributed by atoms with Gasteiger partial charge < -0.3 is 15.2 Å². The van der Waals surface area contributed by atoms with Crippen LogP contribution in [-0.2, 0) is 23.9 Å². The van der Waals surface area contributed by atoms with Crippen molar-refractivity contribution < 1.29 is 37.0 Å². The molecule has 2 aromatic rings. The average Bonchev–Trinajstić information content (AvgIpc) is 2.76. The number of amides is 1. The molecule has 1 amide bonds. The SMILES string of the molecule is CCCCOc1ccc(C[C@@H](CC)C(=O)O)cc1CNC(=O)c1ccc(C(F)(F)F)cc1F. The number of hydrogen-bond donors (Lipinski definition) is 2. The molecule has 180 valence electrons. The van der Waals surface area contributed by atoms with E-state index in [4.69, 9.17) is 4.74 Å². The molecule has 0 heterocycles. The zero-order valence-corrected chi connectivity index (χ0v) is 18.5. The van der Waals surface area contributed by atoms with Gasteiger partial charge in [-0.15, -0.1) is 0 Å². The van der Waals surface area contributed by atoms with Crippen molar-refractivity contribution in [3.63, 3.8) is 0 Å². The molecule has 0 bridgehead atoms. The summed E-state index contributed by atoms with van der Waals surface area (Å²) in [6.07, 6.45) is -2.26. The van der Waals surface area contributed by atoms with Crippen LogP contribution in [0.5, 0.6) is 5.75 Å². The molecule has 0 aliphatic heterocycles. The Morgan fingerprint density at radius 2 is 1.85 bits per heavy atom. The maximum atomic E-state index is 14.1. The second kappa shape index (κ2) is 11.7. The molecule has 0 saturated heterocycles. The van der Waals surface area contributed by atoms with Crippen molar-refractivity contribution in [2.75, 3.05) is 6.61 Å². The van der Waals surface area contributed by atoms with Gasteiger partial charge in [-0.05, 0) is 49.1 Å². The van der Waals surface area contributed by atoms with Crippen molar-refractivity contribution in [3.05, 3.63) is 64.5 Å². The minimum absolute atomic E-state index is 0.0710. The van der Waals surface area contributed by atoms with Crippen molar-refractivity contribution >= 4 is 11.9 Å². The van der Waals surface area contributed by atoms with Crippen LogP contribution >= 0.6 is 0 Å². The van der Waals surface area contributed by atoms with E-state index in [0.29, 0.717) is 30.4 Å². The Balaban J connectivity index is 2.21. The van der Waals surface area contributed by atoms with Crippen molar-refractivity contribution in [1.29, 1.82) is 0 Å². The zero-order chi connectivity index (χ0) is 24.6. The summed E-state index contributed by atoms with van der Waals surface area (Å²) in [5.41, 5.74) is -0.397. The summed E-state index contributed by atoms with van der Waals surface area (Å²) in [6, 6.07) is 6.89. The second-order valence-electron chi connectivity index (χ2n) is 7.67. The molecule has 33 heavy (non-hydrogen) atoms. The van der Waals surface area contributed by atoms with Crippen LogP contribution in [-0.4, -0.2) is 23.6 Å². The molecule has 0 unspecified atom stereocenters. The number of carboxylic acid groups (broad SMARTS) is 1. The van der Waals surface area contributed by atoms with E-state index in [-0.39, 0.29) is 19.0 Å². The lowest BCUT2D eigenvalue weighted by atomic mass is 9.95. The van der Waals surface area contributed by atoms with Crippen molar-refractivity contribution in [1.82, 2.24) is 5.32 Å². The molecule has 5 nitrogen and oxygen atoms in total. The minimum Gasteiger partial charge on any atom is -0.493 e. The molecule has 2 rings (SSSR count). The van der Waals surface area contributed by atoms with Crippen molar-refractivity contribution in [2.24, 2.45) is 5.92 Å². The minimum atomic E-state index is -4.71. The van der Waals surface area contributed by atoms with Gasteiger partial charge in [0.05, 0.1) is 23.7 Å². The summed E-state index contributed by atoms with van der Waals surface area (Å²) in [7, 11) is 0. The Kier molecular flexibility index (Phi) is 9.25. The molecule has 2 N–H and O–H groups in total. The Bertz CT molecular complexity index is 975. The molecule has 0 aliphatic carbocycles. The van der Waals surface area contributed by atoms with E-state index in [1.807, 2.05) is 6.92 Å². The number of ether oxygens (including phenoxy) is 1. The van der Waals surface area contributed by atoms with Crippen LogP contribution in [0.2, 0.25) is 0 Å². The number of unbranched alkanes of at least 4 members (excludes halogenated alkanes) is 1. The number of benzene rings is 2. The summed E-state index contributed by atoms with van der Waals surface area (Å²) >= 11 is 0. The quantitative estimate of drug-likeness (QED) is 0.332. The van der Waals surface area contributed by atoms with Gasteiger partial charge in [0.2, 0.25) is 0 Å². The Hall–Kier alpha value is -3.10. The van der Waals surface area contributed by atoms with Crippen LogP contribution in [0.15, 0.2) is 36.4 Å². The lowest BCUT2D eigenvalue weighted by molar-refractivity contribution is -0.141. The number of hydrogen-bond acceptors (Lipinski definition) is 3. The number of carboxylic acids is 1. The third-order valence-corrected chi connectivity index (χ3v) is 5.18. The smallest absolute Gasteiger partial charge is 0.416 e. The van der Waals surface area contributed by atoms with Crippen molar-refractivity contribution in [2.45, 2.75) is 52.3 Å². The van der Waals surface area contributed by atoms with Gasteiger partial charge in [-0.3, -0.25) is 9.59 Å². The van der Waals surface area contributed by atoms with Crippen LogP contribution in [0, 0.1) is 11.7 Å². The lowest BCUT2D eigenvalue weighted by Gasteiger charge is -2.16. The number of carbonyl (C=O) groups is 2. The molecule has 0 spiro atoms. The lowest BCUT2D eigenvalue weighted by Crippen LogP contribution is -2.24. The van der Waals surface area contributed by atoms with E-state index in [9.17, 15) is 32.3 Å². The number of aliphatic carboxylic acids is 1. The summed E-state index contributed by atoms with van der Waals surface area (Å²) in [5.74, 6) is -3.14. The predicted molar refractivity (Wildman–Crippen MR) is 115 cm³/mol. The van der Waals surface area contributed by atoms with Gasteiger partial charge in [0.25, 0.3) is 5.91 Å². The first-order valence-electron chi connectivity index (χ1n) is 10.7. The first-order chi connectivity index (χ1) is 15.6. The number of nitrogens with one attached hydrogen (secondary N) is 1. The van der Waals surface area contributed by atoms with Gasteiger partial charge in [0.15, 0.2) is 0 Å². The highest BCUT2D eigenvalue weighted by Crippen LogP contribution is 2.30. The zero-order valence-electron chi connectivity index (χ0n) is 18.5. The second-order valence-corrected chi connectivity index (χ2v) is 7.67. The van der Waals surface area contributed by atoms with Crippen LogP contribution in [0.3, 0.4) is 0 Å². The van der Waals surface area contributed by atoms with Crippen molar-refractivity contribution in [3.8, 4) is 5.75 Å². The molecule has 0 aliphatic rings. The Labute approximate surface area is 189 Å². The molecule has 0 fully saturated rings. The number of halogens is 4. The van der Waals surface area contributed by atoms with Gasteiger partial charge in [0.1, 0.15) is 11.6 Å². The number of rotatable bonds is 11. The maximum Gasteiger partial charge on any atom is 0.416 e. The highest BCUT2D eigenvalue weighted by molar-refractivity contribution is 5.94. The van der Waals surface area contributed by atoms with Crippen LogP contribution in [0.4, 0.5) is 17.6 Å².